The van der Waals surface area contributed by atoms with E-state index in [-0.39, 0.29) is 0 Å². The number of aromatic nitrogens is 3. The van der Waals surface area contributed by atoms with Gasteiger partial charge in [-0.05, 0) is 32.3 Å². The molecule has 0 amide bonds. The second kappa shape index (κ2) is 5.44. The van der Waals surface area contributed by atoms with Crippen LogP contribution in [0.25, 0.3) is 17.0 Å². The molecule has 0 bridgehead atoms. The highest BCUT2D eigenvalue weighted by atomic mass is 15.2. The van der Waals surface area contributed by atoms with Gasteiger partial charge in [-0.1, -0.05) is 29.8 Å². The minimum Gasteiger partial charge on any atom is -0.356 e. The molecule has 3 heterocycles. The molecule has 2 aromatic heterocycles. The van der Waals surface area contributed by atoms with E-state index in [1.54, 1.807) is 0 Å². The first-order chi connectivity index (χ1) is 10.8. The molecule has 4 nitrogen and oxygen atoms in total. The number of rotatable bonds is 2. The summed E-state index contributed by atoms with van der Waals surface area (Å²) in [4.78, 5) is 11.8. The van der Waals surface area contributed by atoms with Crippen LogP contribution in [-0.2, 0) is 0 Å². The summed E-state index contributed by atoms with van der Waals surface area (Å²) in [5.74, 6) is 1.83. The SMILES string of the molecule is Cc1ccc(-c2cn3ccc(N4CCCCC4)nc3n2)cc1. The van der Waals surface area contributed by atoms with Crippen LogP contribution in [0.5, 0.6) is 0 Å². The molecule has 3 aromatic rings. The summed E-state index contributed by atoms with van der Waals surface area (Å²) in [6.45, 7) is 4.31. The number of hydrogen-bond donors (Lipinski definition) is 0. The summed E-state index contributed by atoms with van der Waals surface area (Å²) in [5, 5.41) is 0. The molecule has 0 spiro atoms. The quantitative estimate of drug-likeness (QED) is 0.722. The summed E-state index contributed by atoms with van der Waals surface area (Å²) in [7, 11) is 0. The Morgan fingerprint density at radius 1 is 0.909 bits per heavy atom. The van der Waals surface area contributed by atoms with Crippen molar-refractivity contribution in [1.82, 2.24) is 14.4 Å². The molecule has 1 fully saturated rings. The number of nitrogens with zero attached hydrogens (tertiary/aromatic N) is 4. The van der Waals surface area contributed by atoms with E-state index in [2.05, 4.69) is 48.4 Å². The zero-order valence-electron chi connectivity index (χ0n) is 12.9. The Bertz CT molecular complexity index is 782. The molecule has 4 heteroatoms. The van der Waals surface area contributed by atoms with Gasteiger partial charge < -0.3 is 4.90 Å². The van der Waals surface area contributed by atoms with E-state index in [0.717, 1.165) is 35.9 Å². The zero-order chi connectivity index (χ0) is 14.9. The Balaban J connectivity index is 1.69. The minimum atomic E-state index is 0.777. The average Bonchev–Trinajstić information content (AvgIpc) is 2.99. The maximum Gasteiger partial charge on any atom is 0.236 e. The van der Waals surface area contributed by atoms with E-state index in [1.807, 2.05) is 10.6 Å². The lowest BCUT2D eigenvalue weighted by molar-refractivity contribution is 0.573. The van der Waals surface area contributed by atoms with Crippen molar-refractivity contribution in [2.45, 2.75) is 26.2 Å². The second-order valence-electron chi connectivity index (χ2n) is 6.03. The smallest absolute Gasteiger partial charge is 0.236 e. The van der Waals surface area contributed by atoms with Gasteiger partial charge >= 0.3 is 0 Å². The fraction of sp³-hybridized carbons (Fsp3) is 0.333. The third-order valence-electron chi connectivity index (χ3n) is 4.34. The van der Waals surface area contributed by atoms with E-state index >= 15 is 0 Å². The van der Waals surface area contributed by atoms with E-state index in [1.165, 1.54) is 24.8 Å². The number of aryl methyl sites for hydroxylation is 1. The van der Waals surface area contributed by atoms with Gasteiger partial charge in [0.15, 0.2) is 0 Å². The van der Waals surface area contributed by atoms with Gasteiger partial charge in [0.05, 0.1) is 5.69 Å². The summed E-state index contributed by atoms with van der Waals surface area (Å²) in [6, 6.07) is 10.6. The van der Waals surface area contributed by atoms with Crippen LogP contribution in [0.1, 0.15) is 24.8 Å². The van der Waals surface area contributed by atoms with Crippen molar-refractivity contribution >= 4 is 11.6 Å². The van der Waals surface area contributed by atoms with Crippen molar-refractivity contribution in [3.63, 3.8) is 0 Å². The van der Waals surface area contributed by atoms with Crippen molar-refractivity contribution in [2.75, 3.05) is 18.0 Å². The van der Waals surface area contributed by atoms with Crippen molar-refractivity contribution < 1.29 is 0 Å². The van der Waals surface area contributed by atoms with Gasteiger partial charge in [0.25, 0.3) is 0 Å². The number of anilines is 1. The van der Waals surface area contributed by atoms with Gasteiger partial charge in [-0.3, -0.25) is 4.40 Å². The normalized spacial score (nSPS) is 15.4. The Hall–Kier alpha value is -2.36. The summed E-state index contributed by atoms with van der Waals surface area (Å²) >= 11 is 0. The first kappa shape index (κ1) is 13.3. The molecule has 1 saturated heterocycles. The lowest BCUT2D eigenvalue weighted by Gasteiger charge is -2.27. The molecule has 1 aliphatic heterocycles. The molecule has 22 heavy (non-hydrogen) atoms. The number of benzene rings is 1. The highest BCUT2D eigenvalue weighted by molar-refractivity contribution is 5.62. The average molecular weight is 292 g/mol. The Morgan fingerprint density at radius 3 is 2.45 bits per heavy atom. The third kappa shape index (κ3) is 2.45. The molecule has 0 N–H and O–H groups in total. The van der Waals surface area contributed by atoms with Gasteiger partial charge in [0.2, 0.25) is 5.78 Å². The van der Waals surface area contributed by atoms with Crippen LogP contribution in [0.15, 0.2) is 42.7 Å². The molecule has 0 atom stereocenters. The molecule has 1 aliphatic rings. The van der Waals surface area contributed by atoms with E-state index in [4.69, 9.17) is 9.97 Å². The highest BCUT2D eigenvalue weighted by Crippen LogP contribution is 2.22. The standard InChI is InChI=1S/C18H20N4/c1-14-5-7-15(8-6-14)16-13-22-12-9-17(20-18(22)19-16)21-10-3-2-4-11-21/h5-9,12-13H,2-4,10-11H2,1H3. The number of piperidine rings is 1. The summed E-state index contributed by atoms with van der Waals surface area (Å²) in [5.41, 5.74) is 3.37. The first-order valence-electron chi connectivity index (χ1n) is 7.97. The van der Waals surface area contributed by atoms with Gasteiger partial charge in [-0.2, -0.15) is 4.98 Å². The molecule has 0 unspecified atom stereocenters. The maximum absolute atomic E-state index is 4.74. The summed E-state index contributed by atoms with van der Waals surface area (Å²) < 4.78 is 2.00. The monoisotopic (exact) mass is 292 g/mol. The molecular formula is C18H20N4. The van der Waals surface area contributed by atoms with Crippen molar-refractivity contribution in [3.8, 4) is 11.3 Å². The Morgan fingerprint density at radius 2 is 1.68 bits per heavy atom. The highest BCUT2D eigenvalue weighted by Gasteiger charge is 2.13. The molecule has 0 aliphatic carbocycles. The molecule has 4 rings (SSSR count). The molecular weight excluding hydrogens is 272 g/mol. The predicted molar refractivity (Wildman–Crippen MR) is 89.2 cm³/mol. The Labute approximate surface area is 130 Å². The predicted octanol–water partition coefficient (Wildman–Crippen LogP) is 3.70. The lowest BCUT2D eigenvalue weighted by atomic mass is 10.1. The van der Waals surface area contributed by atoms with E-state index < -0.39 is 0 Å². The summed E-state index contributed by atoms with van der Waals surface area (Å²) in [6.07, 6.45) is 7.97. The second-order valence-corrected chi connectivity index (χ2v) is 6.03. The first-order valence-corrected chi connectivity index (χ1v) is 7.97. The van der Waals surface area contributed by atoms with Crippen LogP contribution < -0.4 is 4.90 Å². The van der Waals surface area contributed by atoms with Crippen molar-refractivity contribution in [3.05, 3.63) is 48.3 Å². The number of imidazole rings is 1. The number of hydrogen-bond acceptors (Lipinski definition) is 3. The van der Waals surface area contributed by atoms with Crippen molar-refractivity contribution in [1.29, 1.82) is 0 Å². The fourth-order valence-electron chi connectivity index (χ4n) is 3.03. The maximum atomic E-state index is 4.74. The molecule has 0 saturated carbocycles. The van der Waals surface area contributed by atoms with Gasteiger partial charge in [0.1, 0.15) is 5.82 Å². The lowest BCUT2D eigenvalue weighted by Crippen LogP contribution is -2.30. The van der Waals surface area contributed by atoms with E-state index in [0.29, 0.717) is 0 Å². The van der Waals surface area contributed by atoms with Crippen LogP contribution >= 0.6 is 0 Å². The van der Waals surface area contributed by atoms with Crippen LogP contribution in [0.3, 0.4) is 0 Å². The zero-order valence-corrected chi connectivity index (χ0v) is 12.9. The van der Waals surface area contributed by atoms with Crippen molar-refractivity contribution in [2.24, 2.45) is 0 Å². The number of fused-ring (bicyclic) bond motifs is 1. The third-order valence-corrected chi connectivity index (χ3v) is 4.34. The molecule has 112 valence electrons. The molecule has 0 radical (unpaired) electrons. The van der Waals surface area contributed by atoms with Crippen LogP contribution in [0.2, 0.25) is 0 Å². The van der Waals surface area contributed by atoms with Crippen LogP contribution in [0, 0.1) is 6.92 Å². The van der Waals surface area contributed by atoms with Crippen LogP contribution in [-0.4, -0.2) is 27.5 Å². The van der Waals surface area contributed by atoms with Gasteiger partial charge in [-0.25, -0.2) is 4.98 Å². The van der Waals surface area contributed by atoms with Gasteiger partial charge in [0, 0.05) is 31.0 Å². The molecule has 1 aromatic carbocycles. The topological polar surface area (TPSA) is 33.4 Å². The Kier molecular flexibility index (Phi) is 3.29. The largest absolute Gasteiger partial charge is 0.356 e. The van der Waals surface area contributed by atoms with Gasteiger partial charge in [-0.15, -0.1) is 0 Å². The van der Waals surface area contributed by atoms with Crippen LogP contribution in [0.4, 0.5) is 5.82 Å². The minimum absolute atomic E-state index is 0.777. The van der Waals surface area contributed by atoms with E-state index in [9.17, 15) is 0 Å². The fourth-order valence-corrected chi connectivity index (χ4v) is 3.03.